The first-order valence-electron chi connectivity index (χ1n) is 10.2. The second-order valence-corrected chi connectivity index (χ2v) is 11.4. The van der Waals surface area contributed by atoms with Gasteiger partial charge in [0.05, 0.1) is 21.9 Å². The summed E-state index contributed by atoms with van der Waals surface area (Å²) in [6.45, 7) is 4.17. The molecule has 1 aliphatic heterocycles. The van der Waals surface area contributed by atoms with Gasteiger partial charge in [0.25, 0.3) is 5.91 Å². The molecule has 1 heterocycles. The number of piperidine rings is 1. The molecule has 2 aromatic rings. The van der Waals surface area contributed by atoms with Gasteiger partial charge in [-0.3, -0.25) is 9.52 Å². The highest BCUT2D eigenvalue weighted by Gasteiger charge is 2.29. The largest absolute Gasteiger partial charge is 0.322 e. The number of nitrogens with one attached hydrogen (secondary N) is 2. The summed E-state index contributed by atoms with van der Waals surface area (Å²) in [5.74, 6) is -0.592. The van der Waals surface area contributed by atoms with E-state index in [0.29, 0.717) is 30.0 Å². The summed E-state index contributed by atoms with van der Waals surface area (Å²) >= 11 is 0. The van der Waals surface area contributed by atoms with Gasteiger partial charge in [0, 0.05) is 18.8 Å². The summed E-state index contributed by atoms with van der Waals surface area (Å²) in [6, 6.07) is 10.9. The van der Waals surface area contributed by atoms with Crippen LogP contribution in [-0.2, 0) is 20.0 Å². The maximum Gasteiger partial charge on any atom is 0.257 e. The number of nitrogens with zero attached hydrogens (tertiary/aromatic N) is 1. The van der Waals surface area contributed by atoms with E-state index < -0.39 is 26.0 Å². The summed E-state index contributed by atoms with van der Waals surface area (Å²) < 4.78 is 53.7. The molecule has 1 aliphatic rings. The standard InChI is InChI=1S/C21H27N3O5S2/c1-3-30(26,27)23-19-12-11-17(15-16(19)2)22-21(25)18-9-5-6-10-20(18)31(28,29)24-13-7-4-8-14-24/h5-6,9-12,15,23H,3-4,7-8,13-14H2,1-2H3,(H,22,25). The molecule has 0 bridgehead atoms. The Morgan fingerprint density at radius 1 is 1.00 bits per heavy atom. The number of hydrogen-bond acceptors (Lipinski definition) is 5. The van der Waals surface area contributed by atoms with Gasteiger partial charge >= 0.3 is 0 Å². The van der Waals surface area contributed by atoms with Gasteiger partial charge in [0.2, 0.25) is 20.0 Å². The minimum absolute atomic E-state index is 0.0153. The van der Waals surface area contributed by atoms with E-state index in [1.165, 1.54) is 16.4 Å². The topological polar surface area (TPSA) is 113 Å². The normalized spacial score (nSPS) is 15.4. The summed E-state index contributed by atoms with van der Waals surface area (Å²) in [6.07, 6.45) is 2.61. The quantitative estimate of drug-likeness (QED) is 0.652. The molecule has 0 radical (unpaired) electrons. The second-order valence-electron chi connectivity index (χ2n) is 7.45. The van der Waals surface area contributed by atoms with Crippen molar-refractivity contribution in [3.05, 3.63) is 53.6 Å². The molecule has 1 amide bonds. The fraction of sp³-hybridized carbons (Fsp3) is 0.381. The van der Waals surface area contributed by atoms with Gasteiger partial charge in [0.15, 0.2) is 0 Å². The van der Waals surface area contributed by atoms with Crippen LogP contribution in [0.25, 0.3) is 0 Å². The Hall–Kier alpha value is -2.43. The van der Waals surface area contributed by atoms with Crippen LogP contribution in [0.5, 0.6) is 0 Å². The molecule has 168 valence electrons. The van der Waals surface area contributed by atoms with Crippen LogP contribution in [0.2, 0.25) is 0 Å². The van der Waals surface area contributed by atoms with E-state index in [2.05, 4.69) is 10.0 Å². The Kier molecular flexibility index (Phi) is 7.03. The van der Waals surface area contributed by atoms with Crippen LogP contribution in [0.15, 0.2) is 47.4 Å². The van der Waals surface area contributed by atoms with Crippen LogP contribution in [0.1, 0.15) is 42.1 Å². The summed E-state index contributed by atoms with van der Waals surface area (Å²) in [4.78, 5) is 12.9. The van der Waals surface area contributed by atoms with Crippen molar-refractivity contribution < 1.29 is 21.6 Å². The predicted octanol–water partition coefficient (Wildman–Crippen LogP) is 3.18. The molecule has 8 nitrogen and oxygen atoms in total. The molecule has 0 aromatic heterocycles. The lowest BCUT2D eigenvalue weighted by Gasteiger charge is -2.26. The van der Waals surface area contributed by atoms with Gasteiger partial charge in [-0.15, -0.1) is 0 Å². The van der Waals surface area contributed by atoms with E-state index >= 15 is 0 Å². The van der Waals surface area contributed by atoms with Crippen LogP contribution in [0, 0.1) is 6.92 Å². The van der Waals surface area contributed by atoms with Gasteiger partial charge in [-0.05, 0) is 62.6 Å². The predicted molar refractivity (Wildman–Crippen MR) is 121 cm³/mol. The lowest BCUT2D eigenvalue weighted by molar-refractivity contribution is 0.102. The van der Waals surface area contributed by atoms with E-state index in [1.54, 1.807) is 44.2 Å². The van der Waals surface area contributed by atoms with Crippen molar-refractivity contribution in [2.24, 2.45) is 0 Å². The molecule has 0 atom stereocenters. The molecule has 31 heavy (non-hydrogen) atoms. The Morgan fingerprint density at radius 3 is 2.32 bits per heavy atom. The molecule has 0 aliphatic carbocycles. The zero-order chi connectivity index (χ0) is 22.6. The third kappa shape index (κ3) is 5.44. The van der Waals surface area contributed by atoms with Crippen molar-refractivity contribution in [2.75, 3.05) is 28.9 Å². The molecule has 10 heteroatoms. The first kappa shape index (κ1) is 23.2. The van der Waals surface area contributed by atoms with E-state index in [-0.39, 0.29) is 16.2 Å². The molecule has 0 saturated carbocycles. The zero-order valence-electron chi connectivity index (χ0n) is 17.6. The fourth-order valence-electron chi connectivity index (χ4n) is 3.42. The Balaban J connectivity index is 1.84. The number of anilines is 2. The number of benzene rings is 2. The number of sulfonamides is 2. The SMILES string of the molecule is CCS(=O)(=O)Nc1ccc(NC(=O)c2ccccc2S(=O)(=O)N2CCCCC2)cc1C. The number of hydrogen-bond donors (Lipinski definition) is 2. The average Bonchev–Trinajstić information content (AvgIpc) is 2.76. The molecule has 1 fully saturated rings. The average molecular weight is 466 g/mol. The number of carbonyl (C=O) groups excluding carboxylic acids is 1. The van der Waals surface area contributed by atoms with Gasteiger partial charge in [-0.1, -0.05) is 18.6 Å². The first-order valence-corrected chi connectivity index (χ1v) is 13.2. The molecule has 3 rings (SSSR count). The minimum atomic E-state index is -3.77. The van der Waals surface area contributed by atoms with Crippen LogP contribution >= 0.6 is 0 Å². The van der Waals surface area contributed by atoms with Crippen molar-refractivity contribution in [1.82, 2.24) is 4.31 Å². The van der Waals surface area contributed by atoms with E-state index in [4.69, 9.17) is 0 Å². The Morgan fingerprint density at radius 2 is 1.68 bits per heavy atom. The number of aryl methyl sites for hydroxylation is 1. The molecule has 0 spiro atoms. The highest BCUT2D eigenvalue weighted by Crippen LogP contribution is 2.25. The maximum absolute atomic E-state index is 13.1. The van der Waals surface area contributed by atoms with Crippen molar-refractivity contribution in [2.45, 2.75) is 38.0 Å². The van der Waals surface area contributed by atoms with E-state index in [9.17, 15) is 21.6 Å². The van der Waals surface area contributed by atoms with Gasteiger partial charge in [0.1, 0.15) is 0 Å². The molecule has 2 aromatic carbocycles. The molecule has 0 unspecified atom stereocenters. The van der Waals surface area contributed by atoms with Crippen molar-refractivity contribution in [3.8, 4) is 0 Å². The highest BCUT2D eigenvalue weighted by molar-refractivity contribution is 7.92. The molecule has 2 N–H and O–H groups in total. The van der Waals surface area contributed by atoms with Crippen LogP contribution < -0.4 is 10.0 Å². The molecular weight excluding hydrogens is 438 g/mol. The third-order valence-corrected chi connectivity index (χ3v) is 8.44. The summed E-state index contributed by atoms with van der Waals surface area (Å²) in [5, 5.41) is 2.72. The molecule has 1 saturated heterocycles. The highest BCUT2D eigenvalue weighted by atomic mass is 32.2. The fourth-order valence-corrected chi connectivity index (χ4v) is 5.83. The van der Waals surface area contributed by atoms with E-state index in [0.717, 1.165) is 19.3 Å². The van der Waals surface area contributed by atoms with E-state index in [1.807, 2.05) is 0 Å². The smallest absolute Gasteiger partial charge is 0.257 e. The number of carbonyl (C=O) groups is 1. The second kappa shape index (κ2) is 9.37. The van der Waals surface area contributed by atoms with Gasteiger partial charge in [-0.25, -0.2) is 16.8 Å². The van der Waals surface area contributed by atoms with Crippen LogP contribution in [0.3, 0.4) is 0 Å². The lowest BCUT2D eigenvalue weighted by Crippen LogP contribution is -2.36. The van der Waals surface area contributed by atoms with Gasteiger partial charge < -0.3 is 5.32 Å². The van der Waals surface area contributed by atoms with Crippen LogP contribution in [0.4, 0.5) is 11.4 Å². The van der Waals surface area contributed by atoms with Crippen molar-refractivity contribution in [1.29, 1.82) is 0 Å². The monoisotopic (exact) mass is 465 g/mol. The van der Waals surface area contributed by atoms with Crippen molar-refractivity contribution >= 4 is 37.3 Å². The van der Waals surface area contributed by atoms with Crippen LogP contribution in [-0.4, -0.2) is 45.9 Å². The van der Waals surface area contributed by atoms with Gasteiger partial charge in [-0.2, -0.15) is 4.31 Å². The third-order valence-electron chi connectivity index (χ3n) is 5.19. The summed E-state index contributed by atoms with van der Waals surface area (Å²) in [7, 11) is -7.19. The Bertz CT molecular complexity index is 1170. The Labute approximate surface area is 183 Å². The maximum atomic E-state index is 13.1. The first-order chi connectivity index (χ1) is 14.6. The van der Waals surface area contributed by atoms with Crippen molar-refractivity contribution in [3.63, 3.8) is 0 Å². The number of rotatable bonds is 7. The minimum Gasteiger partial charge on any atom is -0.322 e. The summed E-state index contributed by atoms with van der Waals surface area (Å²) in [5.41, 5.74) is 1.56. The number of amides is 1. The zero-order valence-corrected chi connectivity index (χ0v) is 19.2. The molecular formula is C21H27N3O5S2. The lowest BCUT2D eigenvalue weighted by atomic mass is 10.1.